The van der Waals surface area contributed by atoms with Crippen molar-refractivity contribution in [3.05, 3.63) is 35.1 Å². The second-order valence-corrected chi connectivity index (χ2v) is 6.90. The number of hydrogen-bond acceptors (Lipinski definition) is 3. The molecule has 0 amide bonds. The van der Waals surface area contributed by atoms with E-state index in [0.717, 1.165) is 24.4 Å². The molecule has 1 heterocycles. The fraction of sp³-hybridized carbons (Fsp3) is 0.529. The van der Waals surface area contributed by atoms with Crippen molar-refractivity contribution in [1.29, 1.82) is 0 Å². The molecule has 0 saturated carbocycles. The second kappa shape index (κ2) is 7.84. The largest absolute Gasteiger partial charge is 0.395 e. The average molecular weight is 307 g/mol. The fourth-order valence-corrected chi connectivity index (χ4v) is 3.65. The van der Waals surface area contributed by atoms with Gasteiger partial charge in [0.15, 0.2) is 0 Å². The van der Waals surface area contributed by atoms with E-state index in [0.29, 0.717) is 23.3 Å². The first-order valence-corrected chi connectivity index (χ1v) is 8.40. The van der Waals surface area contributed by atoms with E-state index >= 15 is 0 Å². The predicted molar refractivity (Wildman–Crippen MR) is 86.8 cm³/mol. The predicted octanol–water partition coefficient (Wildman–Crippen LogP) is 2.89. The van der Waals surface area contributed by atoms with E-state index in [2.05, 4.69) is 30.6 Å². The SMILES string of the molecule is CC1SCCN(Cc2cc(F)cc(C#CCCO)c2)C1C. The highest BCUT2D eigenvalue weighted by Gasteiger charge is 2.25. The minimum absolute atomic E-state index is 0.0377. The number of hydrogen-bond donors (Lipinski definition) is 1. The monoisotopic (exact) mass is 307 g/mol. The summed E-state index contributed by atoms with van der Waals surface area (Å²) in [6, 6.07) is 5.49. The van der Waals surface area contributed by atoms with Crippen LogP contribution in [0, 0.1) is 17.7 Å². The van der Waals surface area contributed by atoms with E-state index in [1.54, 1.807) is 6.07 Å². The van der Waals surface area contributed by atoms with Crippen LogP contribution in [-0.4, -0.2) is 40.2 Å². The van der Waals surface area contributed by atoms with Gasteiger partial charge in [-0.2, -0.15) is 11.8 Å². The van der Waals surface area contributed by atoms with Crippen molar-refractivity contribution >= 4 is 11.8 Å². The summed E-state index contributed by atoms with van der Waals surface area (Å²) in [4.78, 5) is 2.40. The van der Waals surface area contributed by atoms with Crippen LogP contribution in [0.15, 0.2) is 18.2 Å². The van der Waals surface area contributed by atoms with Crippen LogP contribution in [0.3, 0.4) is 0 Å². The summed E-state index contributed by atoms with van der Waals surface area (Å²) in [5.74, 6) is 6.64. The average Bonchev–Trinajstić information content (AvgIpc) is 2.44. The van der Waals surface area contributed by atoms with E-state index in [1.165, 1.54) is 6.07 Å². The van der Waals surface area contributed by atoms with Gasteiger partial charge in [0.05, 0.1) is 6.61 Å². The molecule has 0 aliphatic carbocycles. The van der Waals surface area contributed by atoms with Crippen molar-refractivity contribution in [2.24, 2.45) is 0 Å². The lowest BCUT2D eigenvalue weighted by Crippen LogP contribution is -2.43. The normalized spacial score (nSPS) is 22.7. The molecule has 1 fully saturated rings. The molecular weight excluding hydrogens is 285 g/mol. The van der Waals surface area contributed by atoms with Gasteiger partial charge in [-0.3, -0.25) is 4.90 Å². The Morgan fingerprint density at radius 1 is 1.38 bits per heavy atom. The lowest BCUT2D eigenvalue weighted by atomic mass is 10.1. The molecule has 1 aromatic carbocycles. The number of aliphatic hydroxyl groups excluding tert-OH is 1. The van der Waals surface area contributed by atoms with E-state index in [4.69, 9.17) is 5.11 Å². The third kappa shape index (κ3) is 4.74. The summed E-state index contributed by atoms with van der Waals surface area (Å²) in [7, 11) is 0. The molecule has 0 spiro atoms. The minimum atomic E-state index is -0.243. The number of rotatable bonds is 3. The van der Waals surface area contributed by atoms with Gasteiger partial charge in [0.25, 0.3) is 0 Å². The summed E-state index contributed by atoms with van der Waals surface area (Å²) in [5, 5.41) is 9.35. The quantitative estimate of drug-likeness (QED) is 0.869. The summed E-state index contributed by atoms with van der Waals surface area (Å²) >= 11 is 2.00. The van der Waals surface area contributed by atoms with Crippen molar-refractivity contribution in [1.82, 2.24) is 4.90 Å². The molecule has 0 aromatic heterocycles. The van der Waals surface area contributed by atoms with Crippen molar-refractivity contribution in [3.8, 4) is 11.8 Å². The molecule has 1 N–H and O–H groups in total. The molecule has 1 aliphatic rings. The van der Waals surface area contributed by atoms with E-state index < -0.39 is 0 Å². The number of benzene rings is 1. The molecule has 2 nitrogen and oxygen atoms in total. The van der Waals surface area contributed by atoms with Gasteiger partial charge in [-0.25, -0.2) is 4.39 Å². The van der Waals surface area contributed by atoms with Gasteiger partial charge in [-0.15, -0.1) is 0 Å². The third-order valence-electron chi connectivity index (χ3n) is 3.83. The summed E-state index contributed by atoms with van der Waals surface area (Å²) in [6.45, 7) is 6.32. The Balaban J connectivity index is 2.11. The first kappa shape index (κ1) is 16.4. The Bertz CT molecular complexity index is 537. The van der Waals surface area contributed by atoms with Gasteiger partial charge in [-0.1, -0.05) is 18.8 Å². The molecule has 2 unspecified atom stereocenters. The molecular formula is C17H22FNOS. The maximum absolute atomic E-state index is 13.7. The molecule has 1 saturated heterocycles. The van der Waals surface area contributed by atoms with Crippen molar-refractivity contribution in [2.45, 2.75) is 38.1 Å². The molecule has 1 aromatic rings. The van der Waals surface area contributed by atoms with E-state index in [9.17, 15) is 4.39 Å². The van der Waals surface area contributed by atoms with Crippen molar-refractivity contribution < 1.29 is 9.50 Å². The van der Waals surface area contributed by atoms with Crippen molar-refractivity contribution in [2.75, 3.05) is 18.9 Å². The number of halogens is 1. The van der Waals surface area contributed by atoms with Gasteiger partial charge in [0.1, 0.15) is 5.82 Å². The third-order valence-corrected chi connectivity index (χ3v) is 5.17. The molecule has 0 bridgehead atoms. The van der Waals surface area contributed by atoms with Crippen LogP contribution in [0.4, 0.5) is 4.39 Å². The van der Waals surface area contributed by atoms with Crippen LogP contribution in [0.25, 0.3) is 0 Å². The maximum atomic E-state index is 13.7. The first-order valence-electron chi connectivity index (χ1n) is 7.35. The highest BCUT2D eigenvalue weighted by atomic mass is 32.2. The Hall–Kier alpha value is -1.02. The number of aliphatic hydroxyl groups is 1. The summed E-state index contributed by atoms with van der Waals surface area (Å²) in [6.07, 6.45) is 0.420. The smallest absolute Gasteiger partial charge is 0.124 e. The molecule has 0 radical (unpaired) electrons. The van der Waals surface area contributed by atoms with Gasteiger partial charge in [0.2, 0.25) is 0 Å². The van der Waals surface area contributed by atoms with Crippen LogP contribution in [0.2, 0.25) is 0 Å². The van der Waals surface area contributed by atoms with Crippen LogP contribution in [0.5, 0.6) is 0 Å². The van der Waals surface area contributed by atoms with Gasteiger partial charge in [-0.05, 0) is 30.7 Å². The Morgan fingerprint density at radius 3 is 2.95 bits per heavy atom. The Morgan fingerprint density at radius 2 is 2.19 bits per heavy atom. The highest BCUT2D eigenvalue weighted by Crippen LogP contribution is 2.25. The zero-order chi connectivity index (χ0) is 15.2. The van der Waals surface area contributed by atoms with E-state index in [-0.39, 0.29) is 12.4 Å². The molecule has 21 heavy (non-hydrogen) atoms. The zero-order valence-corrected chi connectivity index (χ0v) is 13.4. The Labute approximate surface area is 130 Å². The van der Waals surface area contributed by atoms with E-state index in [1.807, 2.05) is 17.8 Å². The van der Waals surface area contributed by atoms with Gasteiger partial charge >= 0.3 is 0 Å². The van der Waals surface area contributed by atoms with Crippen LogP contribution in [0.1, 0.15) is 31.4 Å². The highest BCUT2D eigenvalue weighted by molar-refractivity contribution is 8.00. The minimum Gasteiger partial charge on any atom is -0.395 e. The summed E-state index contributed by atoms with van der Waals surface area (Å²) in [5.41, 5.74) is 1.65. The van der Waals surface area contributed by atoms with Crippen LogP contribution in [-0.2, 0) is 6.54 Å². The van der Waals surface area contributed by atoms with Gasteiger partial charge in [0, 0.05) is 42.1 Å². The summed E-state index contributed by atoms with van der Waals surface area (Å²) < 4.78 is 13.7. The molecule has 114 valence electrons. The molecule has 4 heteroatoms. The number of nitrogens with zero attached hydrogens (tertiary/aromatic N) is 1. The van der Waals surface area contributed by atoms with Crippen molar-refractivity contribution in [3.63, 3.8) is 0 Å². The van der Waals surface area contributed by atoms with Crippen LogP contribution >= 0.6 is 11.8 Å². The molecule has 2 atom stereocenters. The lowest BCUT2D eigenvalue weighted by Gasteiger charge is -2.37. The topological polar surface area (TPSA) is 23.5 Å². The van der Waals surface area contributed by atoms with Crippen LogP contribution < -0.4 is 0 Å². The second-order valence-electron chi connectivity index (χ2n) is 5.41. The number of thioether (sulfide) groups is 1. The van der Waals surface area contributed by atoms with Gasteiger partial charge < -0.3 is 5.11 Å². The Kier molecular flexibility index (Phi) is 6.10. The first-order chi connectivity index (χ1) is 10.1. The lowest BCUT2D eigenvalue weighted by molar-refractivity contribution is 0.204. The maximum Gasteiger partial charge on any atom is 0.124 e. The zero-order valence-electron chi connectivity index (χ0n) is 12.6. The molecule has 1 aliphatic heterocycles. The standard InChI is InChI=1S/C17H22FNOS/c1-13-14(2)21-8-6-19(13)12-16-9-15(5-3-4-7-20)10-17(18)11-16/h9-11,13-14,20H,4,6-8,12H2,1-2H3. The fourth-order valence-electron chi connectivity index (χ4n) is 2.49. The molecule has 2 rings (SSSR count).